The van der Waals surface area contributed by atoms with E-state index in [1.165, 1.54) is 6.92 Å². The highest BCUT2D eigenvalue weighted by Gasteiger charge is 2.65. The van der Waals surface area contributed by atoms with Crippen molar-refractivity contribution in [2.24, 2.45) is 5.92 Å². The number of Topliss-reactive ketones (excluding diaryl/α,β-unsaturated/α-hetero) is 1. The zero-order valence-electron chi connectivity index (χ0n) is 17.6. The summed E-state index contributed by atoms with van der Waals surface area (Å²) in [6, 6.07) is 11.0. The lowest BCUT2D eigenvalue weighted by Crippen LogP contribution is -2.53. The Morgan fingerprint density at radius 3 is 2.78 bits per heavy atom. The number of nitrogens with one attached hydrogen (secondary N) is 2. The van der Waals surface area contributed by atoms with E-state index in [2.05, 4.69) is 15.5 Å². The molecule has 164 valence electrons. The van der Waals surface area contributed by atoms with Crippen molar-refractivity contribution in [3.63, 3.8) is 0 Å². The van der Waals surface area contributed by atoms with E-state index < -0.39 is 11.5 Å². The zero-order chi connectivity index (χ0) is 22.0. The molecule has 2 amide bonds. The molecule has 4 aliphatic rings. The third kappa shape index (κ3) is 2.50. The minimum Gasteiger partial charge on any atom is -0.454 e. The fraction of sp³-hybridized carbons (Fsp3) is 0.375. The monoisotopic (exact) mass is 433 g/mol. The number of benzene rings is 2. The summed E-state index contributed by atoms with van der Waals surface area (Å²) in [7, 11) is 0. The van der Waals surface area contributed by atoms with Crippen LogP contribution in [0.25, 0.3) is 0 Å². The van der Waals surface area contributed by atoms with Crippen molar-refractivity contribution < 1.29 is 23.9 Å². The summed E-state index contributed by atoms with van der Waals surface area (Å²) in [4.78, 5) is 41.7. The highest BCUT2D eigenvalue weighted by atomic mass is 16.7. The van der Waals surface area contributed by atoms with Gasteiger partial charge >= 0.3 is 0 Å². The van der Waals surface area contributed by atoms with Crippen LogP contribution in [0, 0.1) is 5.92 Å². The minimum atomic E-state index is -1.03. The molecule has 0 saturated carbocycles. The number of nitrogens with zero attached hydrogens (tertiary/aromatic N) is 1. The van der Waals surface area contributed by atoms with Gasteiger partial charge in [0.1, 0.15) is 5.54 Å². The van der Waals surface area contributed by atoms with Gasteiger partial charge in [0.15, 0.2) is 17.3 Å². The number of ether oxygens (including phenoxy) is 2. The van der Waals surface area contributed by atoms with E-state index in [1.807, 2.05) is 24.3 Å². The smallest absolute Gasteiger partial charge is 0.250 e. The number of para-hydroxylation sites is 1. The average molecular weight is 433 g/mol. The van der Waals surface area contributed by atoms with Crippen LogP contribution < -0.4 is 20.1 Å². The van der Waals surface area contributed by atoms with Crippen LogP contribution in [-0.4, -0.2) is 41.9 Å². The third-order valence-electron chi connectivity index (χ3n) is 7.24. The van der Waals surface area contributed by atoms with Gasteiger partial charge in [-0.25, -0.2) is 0 Å². The largest absolute Gasteiger partial charge is 0.454 e. The molecule has 0 aromatic heterocycles. The van der Waals surface area contributed by atoms with Gasteiger partial charge in [-0.15, -0.1) is 0 Å². The molecule has 4 aliphatic heterocycles. The van der Waals surface area contributed by atoms with Gasteiger partial charge in [0.2, 0.25) is 18.6 Å². The molecule has 0 unspecified atom stereocenters. The Balaban J connectivity index is 1.42. The second-order valence-corrected chi connectivity index (χ2v) is 8.84. The van der Waals surface area contributed by atoms with E-state index in [-0.39, 0.29) is 30.4 Å². The lowest BCUT2D eigenvalue weighted by atomic mass is 9.78. The Morgan fingerprint density at radius 1 is 1.19 bits per heavy atom. The zero-order valence-corrected chi connectivity index (χ0v) is 17.6. The number of hydrogen-bond donors (Lipinski definition) is 2. The summed E-state index contributed by atoms with van der Waals surface area (Å²) in [5.74, 6) is -0.231. The van der Waals surface area contributed by atoms with Crippen LogP contribution >= 0.6 is 0 Å². The van der Waals surface area contributed by atoms with Crippen molar-refractivity contribution in [3.05, 3.63) is 47.5 Å². The maximum atomic E-state index is 13.7. The molecule has 0 aliphatic carbocycles. The molecule has 8 nitrogen and oxygen atoms in total. The molecule has 0 radical (unpaired) electrons. The number of amides is 2. The molecule has 8 heteroatoms. The van der Waals surface area contributed by atoms with Crippen molar-refractivity contribution in [1.82, 2.24) is 4.90 Å². The molecule has 2 saturated heterocycles. The molecule has 3 atom stereocenters. The average Bonchev–Trinajstić information content (AvgIpc) is 3.52. The number of anilines is 2. The molecule has 1 spiro atoms. The van der Waals surface area contributed by atoms with Crippen LogP contribution in [0.1, 0.15) is 42.1 Å². The minimum absolute atomic E-state index is 0.0728. The van der Waals surface area contributed by atoms with Gasteiger partial charge in [0.05, 0.1) is 11.6 Å². The van der Waals surface area contributed by atoms with E-state index in [9.17, 15) is 14.4 Å². The van der Waals surface area contributed by atoms with Crippen molar-refractivity contribution in [3.8, 4) is 11.5 Å². The van der Waals surface area contributed by atoms with Gasteiger partial charge in [0, 0.05) is 28.9 Å². The van der Waals surface area contributed by atoms with E-state index in [4.69, 9.17) is 9.47 Å². The molecule has 2 aromatic carbocycles. The van der Waals surface area contributed by atoms with Crippen LogP contribution in [0.4, 0.5) is 11.4 Å². The molecule has 2 aromatic rings. The fourth-order valence-electron chi connectivity index (χ4n) is 5.94. The highest BCUT2D eigenvalue weighted by Crippen LogP contribution is 2.55. The quantitative estimate of drug-likeness (QED) is 0.723. The molecule has 6 rings (SSSR count). The van der Waals surface area contributed by atoms with Crippen LogP contribution in [0.5, 0.6) is 11.5 Å². The number of ketones is 1. The number of rotatable bonds is 3. The van der Waals surface area contributed by atoms with Crippen molar-refractivity contribution in [1.29, 1.82) is 0 Å². The van der Waals surface area contributed by atoms with Gasteiger partial charge in [-0.05, 0) is 44.9 Å². The van der Waals surface area contributed by atoms with Gasteiger partial charge in [0.25, 0.3) is 0 Å². The summed E-state index contributed by atoms with van der Waals surface area (Å²) >= 11 is 0. The number of carbonyl (C=O) groups is 3. The van der Waals surface area contributed by atoms with Crippen molar-refractivity contribution >= 4 is 29.0 Å². The number of hydrogen-bond acceptors (Lipinski definition) is 6. The fourth-order valence-corrected chi connectivity index (χ4v) is 5.94. The first-order chi connectivity index (χ1) is 15.5. The summed E-state index contributed by atoms with van der Waals surface area (Å²) < 4.78 is 10.8. The molecule has 32 heavy (non-hydrogen) atoms. The van der Waals surface area contributed by atoms with Crippen LogP contribution in [0.2, 0.25) is 0 Å². The third-order valence-corrected chi connectivity index (χ3v) is 7.24. The molecule has 2 fully saturated rings. The summed E-state index contributed by atoms with van der Waals surface area (Å²) in [5.41, 5.74) is 1.31. The van der Waals surface area contributed by atoms with Crippen LogP contribution in [0.15, 0.2) is 36.4 Å². The Kier molecular flexibility index (Phi) is 4.10. The highest BCUT2D eigenvalue weighted by molar-refractivity contribution is 6.12. The molecular formula is C24H23N3O5. The first-order valence-electron chi connectivity index (χ1n) is 10.9. The summed E-state index contributed by atoms with van der Waals surface area (Å²) in [6.07, 6.45) is 2.56. The Bertz CT molecular complexity index is 1180. The second kappa shape index (κ2) is 6.80. The lowest BCUT2D eigenvalue weighted by molar-refractivity contribution is -0.135. The number of carbonyl (C=O) groups excluding carboxylic acids is 3. The summed E-state index contributed by atoms with van der Waals surface area (Å²) in [5, 5.41) is 5.96. The predicted octanol–water partition coefficient (Wildman–Crippen LogP) is 2.89. The Labute approximate surface area is 184 Å². The second-order valence-electron chi connectivity index (χ2n) is 8.84. The maximum Gasteiger partial charge on any atom is 0.250 e. The Hall–Kier alpha value is -3.39. The van der Waals surface area contributed by atoms with E-state index in [0.717, 1.165) is 30.6 Å². The predicted molar refractivity (Wildman–Crippen MR) is 116 cm³/mol. The van der Waals surface area contributed by atoms with Gasteiger partial charge in [-0.1, -0.05) is 18.2 Å². The molecule has 2 N–H and O–H groups in total. The summed E-state index contributed by atoms with van der Waals surface area (Å²) in [6.45, 7) is 2.29. The van der Waals surface area contributed by atoms with Crippen molar-refractivity contribution in [2.45, 2.75) is 37.8 Å². The van der Waals surface area contributed by atoms with Crippen LogP contribution in [0.3, 0.4) is 0 Å². The van der Waals surface area contributed by atoms with E-state index >= 15 is 0 Å². The SMILES string of the molecule is CC(=O)c1cc2c(cc1NC(=O)[C@@H]1C[C@@H]3CCCN3[C@]13C(=O)Nc1ccccc13)OCO2. The number of fused-ring (bicyclic) bond motifs is 5. The standard InChI is InChI=1S/C24H23N3O5/c1-13(28)15-10-20-21(32-12-31-20)11-19(15)25-22(29)17-9-14-5-4-8-27(14)24(17)16-6-2-3-7-18(16)26-23(24)30/h2-3,6-7,10-11,14,17H,4-5,8-9,12H2,1H3,(H,25,29)(H,26,30)/t14-,17-,24-/m0/s1. The normalized spacial score (nSPS) is 27.3. The van der Waals surface area contributed by atoms with Crippen molar-refractivity contribution in [2.75, 3.05) is 24.0 Å². The van der Waals surface area contributed by atoms with E-state index in [0.29, 0.717) is 29.2 Å². The molecule has 0 bridgehead atoms. The van der Waals surface area contributed by atoms with Gasteiger partial charge < -0.3 is 20.1 Å². The van der Waals surface area contributed by atoms with E-state index in [1.54, 1.807) is 12.1 Å². The van der Waals surface area contributed by atoms with Gasteiger partial charge in [-0.2, -0.15) is 0 Å². The first kappa shape index (κ1) is 19.3. The van der Waals surface area contributed by atoms with Crippen LogP contribution in [-0.2, 0) is 15.1 Å². The van der Waals surface area contributed by atoms with Gasteiger partial charge in [-0.3, -0.25) is 19.3 Å². The lowest BCUT2D eigenvalue weighted by Gasteiger charge is -2.36. The Morgan fingerprint density at radius 2 is 1.97 bits per heavy atom. The topological polar surface area (TPSA) is 97.0 Å². The first-order valence-corrected chi connectivity index (χ1v) is 10.9. The molecule has 4 heterocycles. The molecular weight excluding hydrogens is 410 g/mol. The maximum absolute atomic E-state index is 13.7.